The maximum Gasteiger partial charge on any atom is 0.257 e. The zero-order valence-electron chi connectivity index (χ0n) is 14.4. The van der Waals surface area contributed by atoms with Gasteiger partial charge in [-0.2, -0.15) is 0 Å². The quantitative estimate of drug-likeness (QED) is 0.744. The molecular weight excluding hydrogens is 328 g/mol. The Morgan fingerprint density at radius 3 is 2.35 bits per heavy atom. The molecule has 5 heteroatoms. The van der Waals surface area contributed by atoms with Crippen molar-refractivity contribution in [3.05, 3.63) is 100.0 Å². The topological polar surface area (TPSA) is 71.3 Å². The highest BCUT2D eigenvalue weighted by molar-refractivity contribution is 5.96. The molecule has 5 nitrogen and oxygen atoms in total. The largest absolute Gasteiger partial charge is 0.507 e. The second kappa shape index (κ2) is 7.70. The molecule has 0 saturated heterocycles. The first-order chi connectivity index (χ1) is 12.5. The molecule has 2 N–H and O–H groups in total. The van der Waals surface area contributed by atoms with Gasteiger partial charge in [0.25, 0.3) is 11.5 Å². The second-order valence-electron chi connectivity index (χ2n) is 6.13. The summed E-state index contributed by atoms with van der Waals surface area (Å²) in [4.78, 5) is 24.7. The summed E-state index contributed by atoms with van der Waals surface area (Å²) in [6, 6.07) is 19.9. The van der Waals surface area contributed by atoms with E-state index in [0.29, 0.717) is 6.54 Å². The number of amides is 1. The summed E-state index contributed by atoms with van der Waals surface area (Å²) in [7, 11) is 0. The Morgan fingerprint density at radius 1 is 1.08 bits per heavy atom. The Morgan fingerprint density at radius 2 is 1.69 bits per heavy atom. The third kappa shape index (κ3) is 4.00. The van der Waals surface area contributed by atoms with E-state index >= 15 is 0 Å². The summed E-state index contributed by atoms with van der Waals surface area (Å²) in [5.41, 5.74) is 1.60. The van der Waals surface area contributed by atoms with Crippen LogP contribution in [-0.2, 0) is 6.54 Å². The van der Waals surface area contributed by atoms with Gasteiger partial charge in [0.1, 0.15) is 5.75 Å². The molecule has 3 rings (SSSR count). The van der Waals surface area contributed by atoms with Crippen LogP contribution in [0.15, 0.2) is 77.7 Å². The fourth-order valence-electron chi connectivity index (χ4n) is 2.74. The van der Waals surface area contributed by atoms with Crippen LogP contribution in [0.1, 0.15) is 34.5 Å². The number of carbonyl (C=O) groups excluding carboxylic acids is 1. The van der Waals surface area contributed by atoms with Crippen LogP contribution in [0.25, 0.3) is 0 Å². The lowest BCUT2D eigenvalue weighted by molar-refractivity contribution is 0.0936. The van der Waals surface area contributed by atoms with Crippen LogP contribution in [0.3, 0.4) is 0 Å². The van der Waals surface area contributed by atoms with Crippen molar-refractivity contribution < 1.29 is 9.90 Å². The zero-order valence-corrected chi connectivity index (χ0v) is 14.4. The van der Waals surface area contributed by atoms with Crippen LogP contribution in [0, 0.1) is 0 Å². The van der Waals surface area contributed by atoms with Gasteiger partial charge in [0.15, 0.2) is 0 Å². The number of aromatic nitrogens is 1. The summed E-state index contributed by atoms with van der Waals surface area (Å²) < 4.78 is 1.41. The van der Waals surface area contributed by atoms with E-state index in [2.05, 4.69) is 5.32 Å². The van der Waals surface area contributed by atoms with E-state index in [9.17, 15) is 14.7 Å². The van der Waals surface area contributed by atoms with Gasteiger partial charge in [-0.25, -0.2) is 0 Å². The van der Waals surface area contributed by atoms with E-state index in [1.807, 2.05) is 67.6 Å². The van der Waals surface area contributed by atoms with E-state index in [-0.39, 0.29) is 22.9 Å². The van der Waals surface area contributed by atoms with Crippen molar-refractivity contribution >= 4 is 5.91 Å². The van der Waals surface area contributed by atoms with Crippen molar-refractivity contribution in [2.24, 2.45) is 0 Å². The van der Waals surface area contributed by atoms with Crippen molar-refractivity contribution in [1.82, 2.24) is 9.88 Å². The van der Waals surface area contributed by atoms with Gasteiger partial charge in [-0.05, 0) is 18.1 Å². The van der Waals surface area contributed by atoms with Crippen molar-refractivity contribution in [2.75, 3.05) is 0 Å². The number of nitrogens with one attached hydrogen (secondary N) is 1. The molecule has 0 aliphatic carbocycles. The number of hydrogen-bond acceptors (Lipinski definition) is 3. The average Bonchev–Trinajstić information content (AvgIpc) is 2.65. The molecule has 0 spiro atoms. The lowest BCUT2D eigenvalue weighted by Crippen LogP contribution is -2.29. The van der Waals surface area contributed by atoms with E-state index in [4.69, 9.17) is 0 Å². The van der Waals surface area contributed by atoms with Gasteiger partial charge in [0.05, 0.1) is 18.2 Å². The molecule has 0 bridgehead atoms. The summed E-state index contributed by atoms with van der Waals surface area (Å²) in [5, 5.41) is 12.9. The molecule has 0 saturated carbocycles. The number of hydrogen-bond donors (Lipinski definition) is 2. The third-order valence-corrected chi connectivity index (χ3v) is 4.19. The minimum absolute atomic E-state index is 0.0725. The SMILES string of the molecule is C[C@H](NC(=O)c1cn(Cc2ccccc2)c(=O)cc1O)c1ccccc1. The molecule has 0 fully saturated rings. The van der Waals surface area contributed by atoms with Gasteiger partial charge in [0, 0.05) is 12.3 Å². The van der Waals surface area contributed by atoms with Gasteiger partial charge in [-0.15, -0.1) is 0 Å². The Labute approximate surface area is 151 Å². The minimum atomic E-state index is -0.430. The van der Waals surface area contributed by atoms with Crippen LogP contribution >= 0.6 is 0 Å². The number of rotatable bonds is 5. The first-order valence-corrected chi connectivity index (χ1v) is 8.38. The maximum absolute atomic E-state index is 12.6. The van der Waals surface area contributed by atoms with Crippen LogP contribution in [0.5, 0.6) is 5.75 Å². The fourth-order valence-corrected chi connectivity index (χ4v) is 2.74. The highest BCUT2D eigenvalue weighted by atomic mass is 16.3. The third-order valence-electron chi connectivity index (χ3n) is 4.19. The Hall–Kier alpha value is -3.34. The Balaban J connectivity index is 1.84. The standard InChI is InChI=1S/C21H20N2O3/c1-15(17-10-6-3-7-11-17)22-21(26)18-14-23(20(25)12-19(18)24)13-16-8-4-2-5-9-16/h2-12,14-15,24H,13H2,1H3,(H,22,26)/t15-/m0/s1. The van der Waals surface area contributed by atoms with Crippen molar-refractivity contribution in [2.45, 2.75) is 19.5 Å². The first-order valence-electron chi connectivity index (χ1n) is 8.38. The van der Waals surface area contributed by atoms with E-state index in [1.54, 1.807) is 0 Å². The number of pyridine rings is 1. The molecule has 1 amide bonds. The molecule has 0 aliphatic heterocycles. The van der Waals surface area contributed by atoms with E-state index in [0.717, 1.165) is 17.2 Å². The molecule has 0 aliphatic rings. The predicted molar refractivity (Wildman–Crippen MR) is 100 cm³/mol. The maximum atomic E-state index is 12.6. The molecule has 3 aromatic rings. The summed E-state index contributed by atoms with van der Waals surface area (Å²) in [5.74, 6) is -0.752. The van der Waals surface area contributed by atoms with Gasteiger partial charge in [0.2, 0.25) is 0 Å². The molecule has 1 aromatic heterocycles. The normalized spacial score (nSPS) is 11.7. The highest BCUT2D eigenvalue weighted by Gasteiger charge is 2.17. The van der Waals surface area contributed by atoms with Gasteiger partial charge >= 0.3 is 0 Å². The number of benzene rings is 2. The van der Waals surface area contributed by atoms with Gasteiger partial charge < -0.3 is 15.0 Å². The molecule has 1 atom stereocenters. The Bertz CT molecular complexity index is 950. The van der Waals surface area contributed by atoms with Crippen LogP contribution in [0.4, 0.5) is 0 Å². The molecule has 0 radical (unpaired) electrons. The van der Waals surface area contributed by atoms with E-state index < -0.39 is 5.91 Å². The highest BCUT2D eigenvalue weighted by Crippen LogP contribution is 2.17. The summed E-state index contributed by atoms with van der Waals surface area (Å²) in [6.45, 7) is 2.19. The lowest BCUT2D eigenvalue weighted by atomic mass is 10.1. The zero-order chi connectivity index (χ0) is 18.5. The molecule has 2 aromatic carbocycles. The molecule has 132 valence electrons. The number of nitrogens with zero attached hydrogens (tertiary/aromatic N) is 1. The summed E-state index contributed by atoms with van der Waals surface area (Å²) >= 11 is 0. The molecule has 0 unspecified atom stereocenters. The molecule has 1 heterocycles. The van der Waals surface area contributed by atoms with Crippen molar-refractivity contribution in [1.29, 1.82) is 0 Å². The average molecular weight is 348 g/mol. The minimum Gasteiger partial charge on any atom is -0.507 e. The van der Waals surface area contributed by atoms with Gasteiger partial charge in [-0.1, -0.05) is 60.7 Å². The van der Waals surface area contributed by atoms with Crippen LogP contribution < -0.4 is 10.9 Å². The number of aromatic hydroxyl groups is 1. The summed E-state index contributed by atoms with van der Waals surface area (Å²) in [6.07, 6.45) is 1.40. The Kier molecular flexibility index (Phi) is 5.17. The fraction of sp³-hybridized carbons (Fsp3) is 0.143. The monoisotopic (exact) mass is 348 g/mol. The lowest BCUT2D eigenvalue weighted by Gasteiger charge is -2.16. The molecule has 26 heavy (non-hydrogen) atoms. The number of carbonyl (C=O) groups is 1. The van der Waals surface area contributed by atoms with E-state index in [1.165, 1.54) is 10.8 Å². The van der Waals surface area contributed by atoms with Crippen molar-refractivity contribution in [3.63, 3.8) is 0 Å². The first kappa shape index (κ1) is 17.5. The van der Waals surface area contributed by atoms with Crippen LogP contribution in [-0.4, -0.2) is 15.6 Å². The van der Waals surface area contributed by atoms with Gasteiger partial charge in [-0.3, -0.25) is 9.59 Å². The smallest absolute Gasteiger partial charge is 0.257 e. The second-order valence-corrected chi connectivity index (χ2v) is 6.13. The van der Waals surface area contributed by atoms with Crippen molar-refractivity contribution in [3.8, 4) is 5.75 Å². The predicted octanol–water partition coefficient (Wildman–Crippen LogP) is 3.09. The van der Waals surface area contributed by atoms with Crippen LogP contribution in [0.2, 0.25) is 0 Å². The molecular formula is C21H20N2O3.